The molecule has 220 valence electrons. The molecule has 41 heavy (non-hydrogen) atoms. The number of carbonyl (C=O) groups is 2. The van der Waals surface area contributed by atoms with Crippen molar-refractivity contribution in [1.82, 2.24) is 9.97 Å². The van der Waals surface area contributed by atoms with Crippen LogP contribution >= 0.6 is 0 Å². The maximum absolute atomic E-state index is 13.2. The van der Waals surface area contributed by atoms with Crippen LogP contribution in [0.2, 0.25) is 18.1 Å². The second-order valence-electron chi connectivity index (χ2n) is 14.2. The molecule has 0 aliphatic heterocycles. The predicted octanol–water partition coefficient (Wildman–Crippen LogP) is 8.26. The lowest BCUT2D eigenvalue weighted by atomic mass is 9.84. The number of carbonyl (C=O) groups excluding carboxylic acids is 2. The number of aromatic nitrogens is 2. The first kappa shape index (κ1) is 32.4. The van der Waals surface area contributed by atoms with Crippen LogP contribution in [0.5, 0.6) is 5.75 Å². The molecule has 0 saturated heterocycles. The van der Waals surface area contributed by atoms with E-state index in [1.54, 1.807) is 19.2 Å². The fraction of sp³-hybridized carbons (Fsp3) is 0.471. The van der Waals surface area contributed by atoms with Crippen LogP contribution in [0.1, 0.15) is 100 Å². The van der Waals surface area contributed by atoms with Crippen molar-refractivity contribution < 1.29 is 18.8 Å². The molecule has 2 heterocycles. The lowest BCUT2D eigenvalue weighted by Gasteiger charge is -2.37. The molecule has 0 saturated carbocycles. The Morgan fingerprint density at radius 3 is 1.41 bits per heavy atom. The van der Waals surface area contributed by atoms with Gasteiger partial charge in [0.25, 0.3) is 0 Å². The number of benzene rings is 1. The minimum Gasteiger partial charge on any atom is -0.544 e. The maximum Gasteiger partial charge on any atom is 0.250 e. The van der Waals surface area contributed by atoms with Crippen LogP contribution in [0.3, 0.4) is 0 Å². The number of nitrogens with zero attached hydrogens (tertiary/aromatic N) is 2. The van der Waals surface area contributed by atoms with Crippen molar-refractivity contribution in [3.63, 3.8) is 0 Å². The summed E-state index contributed by atoms with van der Waals surface area (Å²) in [4.78, 5) is 36.2. The highest BCUT2D eigenvalue weighted by molar-refractivity contribution is 6.74. The molecule has 0 atom stereocenters. The van der Waals surface area contributed by atoms with Crippen molar-refractivity contribution >= 4 is 19.9 Å². The van der Waals surface area contributed by atoms with E-state index in [-0.39, 0.29) is 16.6 Å². The Kier molecular flexibility index (Phi) is 8.88. The molecule has 2 aromatic heterocycles. The summed E-state index contributed by atoms with van der Waals surface area (Å²) >= 11 is 0. The first-order chi connectivity index (χ1) is 18.7. The first-order valence-electron chi connectivity index (χ1n) is 14.1. The molecule has 1 aromatic carbocycles. The Morgan fingerprint density at radius 2 is 1.07 bits per heavy atom. The van der Waals surface area contributed by atoms with Crippen LogP contribution in [0.4, 0.5) is 0 Å². The maximum atomic E-state index is 13.2. The van der Waals surface area contributed by atoms with Crippen molar-refractivity contribution in [1.29, 1.82) is 0 Å². The third kappa shape index (κ3) is 6.68. The molecule has 0 unspecified atom stereocenters. The summed E-state index contributed by atoms with van der Waals surface area (Å²) in [6.07, 6.45) is 0. The summed E-state index contributed by atoms with van der Waals surface area (Å²) in [6.45, 7) is 22.3. The molecule has 3 rings (SSSR count). The van der Waals surface area contributed by atoms with E-state index in [9.17, 15) is 9.59 Å². The molecular formula is C34H46N2O4Si. The van der Waals surface area contributed by atoms with Crippen LogP contribution < -0.4 is 4.43 Å². The number of ketones is 2. The smallest absolute Gasteiger partial charge is 0.250 e. The highest BCUT2D eigenvalue weighted by atomic mass is 28.4. The molecule has 7 heteroatoms. The van der Waals surface area contributed by atoms with E-state index < -0.39 is 24.7 Å². The van der Waals surface area contributed by atoms with E-state index >= 15 is 0 Å². The molecule has 0 aliphatic carbocycles. The average molecular weight is 575 g/mol. The monoisotopic (exact) mass is 574 g/mol. The summed E-state index contributed by atoms with van der Waals surface area (Å²) in [5.74, 6) is 0.624. The van der Waals surface area contributed by atoms with Gasteiger partial charge in [-0.2, -0.15) is 0 Å². The van der Waals surface area contributed by atoms with Gasteiger partial charge in [0, 0.05) is 17.9 Å². The third-order valence-electron chi connectivity index (χ3n) is 7.79. The Hall–Kier alpha value is -3.16. The minimum atomic E-state index is -2.05. The van der Waals surface area contributed by atoms with Gasteiger partial charge in [-0.1, -0.05) is 86.6 Å². The van der Waals surface area contributed by atoms with E-state index in [0.717, 1.165) is 11.3 Å². The minimum absolute atomic E-state index is 0.0515. The molecule has 0 aliphatic rings. The molecule has 0 bridgehead atoms. The van der Waals surface area contributed by atoms with Crippen LogP contribution in [-0.4, -0.2) is 37.0 Å². The quantitative estimate of drug-likeness (QED) is 0.199. The normalized spacial score (nSPS) is 13.2. The third-order valence-corrected chi connectivity index (χ3v) is 12.2. The Bertz CT molecular complexity index is 1340. The molecular weight excluding hydrogens is 528 g/mol. The van der Waals surface area contributed by atoms with Crippen LogP contribution in [-0.2, 0) is 10.3 Å². The van der Waals surface area contributed by atoms with E-state index in [4.69, 9.17) is 19.1 Å². The number of methoxy groups -OCH3 is 1. The van der Waals surface area contributed by atoms with E-state index in [0.29, 0.717) is 22.8 Å². The highest BCUT2D eigenvalue weighted by Crippen LogP contribution is 2.41. The van der Waals surface area contributed by atoms with Gasteiger partial charge in [-0.15, -0.1) is 0 Å². The van der Waals surface area contributed by atoms with E-state index in [1.807, 2.05) is 90.1 Å². The zero-order valence-corrected chi connectivity index (χ0v) is 27.8. The summed E-state index contributed by atoms with van der Waals surface area (Å²) in [5, 5.41) is 0.0515. The topological polar surface area (TPSA) is 78.4 Å². The first-order valence-corrected chi connectivity index (χ1v) is 17.0. The van der Waals surface area contributed by atoms with Crippen molar-refractivity contribution in [3.05, 3.63) is 89.0 Å². The highest BCUT2D eigenvalue weighted by Gasteiger charge is 2.42. The Morgan fingerprint density at radius 1 is 0.659 bits per heavy atom. The predicted molar refractivity (Wildman–Crippen MR) is 167 cm³/mol. The van der Waals surface area contributed by atoms with Crippen LogP contribution in [0.25, 0.3) is 0 Å². The van der Waals surface area contributed by atoms with Gasteiger partial charge in [0.05, 0.1) is 11.4 Å². The average Bonchev–Trinajstić information content (AvgIpc) is 2.88. The van der Waals surface area contributed by atoms with Gasteiger partial charge in [-0.05, 0) is 60.1 Å². The van der Waals surface area contributed by atoms with Gasteiger partial charge in [0.1, 0.15) is 17.1 Å². The zero-order chi connectivity index (χ0) is 31.0. The van der Waals surface area contributed by atoms with Gasteiger partial charge in [0.2, 0.25) is 8.32 Å². The number of hydrogen-bond acceptors (Lipinski definition) is 6. The molecule has 0 fully saturated rings. The van der Waals surface area contributed by atoms with E-state index in [1.165, 1.54) is 0 Å². The second kappa shape index (κ2) is 11.3. The number of hydrogen-bond donors (Lipinski definition) is 0. The summed E-state index contributed by atoms with van der Waals surface area (Å²) in [7, 11) is -0.455. The number of Topliss-reactive ketones (excluding diaryl/α,β-unsaturated/α-hetero) is 2. The standard InChI is InChI=1S/C34H46N2O4Si/c1-31(2,3)29(37)25-15-13-17-27(35-25)34(39-10,28-18-14-16-26(36-28)30(38)32(4,5)6)23-19-21-24(22-20-23)40-41(11,12)33(7,8)9/h13-22H,1-12H3. The molecule has 3 aromatic rings. The molecule has 0 amide bonds. The summed E-state index contributed by atoms with van der Waals surface area (Å²) in [6, 6.07) is 18.5. The SMILES string of the molecule is COC(c1ccc(O[Si](C)(C)C(C)(C)C)cc1)(c1cccc(C(=O)C(C)(C)C)n1)c1cccc(C(=O)C(C)(C)C)n1. The number of pyridine rings is 2. The fourth-order valence-electron chi connectivity index (χ4n) is 4.24. The zero-order valence-electron chi connectivity index (χ0n) is 26.8. The van der Waals surface area contributed by atoms with Crippen LogP contribution in [0, 0.1) is 10.8 Å². The van der Waals surface area contributed by atoms with Gasteiger partial charge >= 0.3 is 0 Å². The van der Waals surface area contributed by atoms with Gasteiger partial charge in [0.15, 0.2) is 17.2 Å². The molecule has 0 spiro atoms. The van der Waals surface area contributed by atoms with Crippen molar-refractivity contribution in [2.24, 2.45) is 10.8 Å². The van der Waals surface area contributed by atoms with Gasteiger partial charge in [-0.3, -0.25) is 9.59 Å². The van der Waals surface area contributed by atoms with Gasteiger partial charge < -0.3 is 9.16 Å². The lowest BCUT2D eigenvalue weighted by molar-refractivity contribution is 0.0504. The van der Waals surface area contributed by atoms with E-state index in [2.05, 4.69) is 33.9 Å². The second-order valence-corrected chi connectivity index (χ2v) is 19.0. The van der Waals surface area contributed by atoms with Crippen molar-refractivity contribution in [2.45, 2.75) is 86.0 Å². The van der Waals surface area contributed by atoms with Crippen molar-refractivity contribution in [2.75, 3.05) is 7.11 Å². The molecule has 6 nitrogen and oxygen atoms in total. The van der Waals surface area contributed by atoms with Gasteiger partial charge in [-0.25, -0.2) is 9.97 Å². The molecule has 0 N–H and O–H groups in total. The van der Waals surface area contributed by atoms with Crippen molar-refractivity contribution in [3.8, 4) is 5.75 Å². The summed E-state index contributed by atoms with van der Waals surface area (Å²) in [5.41, 5.74) is -0.0709. The molecule has 0 radical (unpaired) electrons. The number of ether oxygens (including phenoxy) is 1. The summed E-state index contributed by atoms with van der Waals surface area (Å²) < 4.78 is 12.9. The fourth-order valence-corrected chi connectivity index (χ4v) is 5.27. The Labute approximate surface area is 247 Å². The lowest BCUT2D eigenvalue weighted by Crippen LogP contribution is -2.43. The number of rotatable bonds is 8. The Balaban J connectivity index is 2.27. The van der Waals surface area contributed by atoms with Crippen LogP contribution in [0.15, 0.2) is 60.7 Å². The largest absolute Gasteiger partial charge is 0.544 e.